The molecule has 1 aliphatic heterocycles. The van der Waals surface area contributed by atoms with Crippen LogP contribution in [0.2, 0.25) is 0 Å². The van der Waals surface area contributed by atoms with Gasteiger partial charge in [0.2, 0.25) is 10.0 Å². The number of aryl methyl sites for hydroxylation is 3. The maximum absolute atomic E-state index is 13.3. The number of aromatic nitrogens is 4. The molecule has 0 N–H and O–H groups in total. The number of anilines is 1. The fourth-order valence-electron chi connectivity index (χ4n) is 4.40. The topological polar surface area (TPSA) is 84.2 Å². The van der Waals surface area contributed by atoms with Gasteiger partial charge in [0.15, 0.2) is 0 Å². The number of hydrogen-bond donors (Lipinski definition) is 0. The molecule has 8 nitrogen and oxygen atoms in total. The van der Waals surface area contributed by atoms with Gasteiger partial charge >= 0.3 is 0 Å². The van der Waals surface area contributed by atoms with Gasteiger partial charge in [-0.3, -0.25) is 4.57 Å². The standard InChI is InChI=1S/C22H26N6O2S/c1-17-24-21(15-22(25-17)27-9-8-23-16-27)26-10-12-28(13-11-26)31(29,30)20-7-6-18-4-2-3-5-19(18)14-20/h6-9,14-16H,2-5,10-13H2,1H3. The Hall–Kier alpha value is -2.78. The van der Waals surface area contributed by atoms with Gasteiger partial charge in [-0.05, 0) is 55.9 Å². The summed E-state index contributed by atoms with van der Waals surface area (Å²) in [4.78, 5) is 15.7. The molecule has 1 aliphatic carbocycles. The lowest BCUT2D eigenvalue weighted by Gasteiger charge is -2.35. The predicted molar refractivity (Wildman–Crippen MR) is 118 cm³/mol. The zero-order valence-electron chi connectivity index (χ0n) is 17.6. The van der Waals surface area contributed by atoms with E-state index in [0.29, 0.717) is 36.9 Å². The summed E-state index contributed by atoms with van der Waals surface area (Å²) in [6.45, 7) is 3.90. The summed E-state index contributed by atoms with van der Waals surface area (Å²) in [5.41, 5.74) is 2.48. The third kappa shape index (κ3) is 3.95. The summed E-state index contributed by atoms with van der Waals surface area (Å²) < 4.78 is 29.9. The Morgan fingerprint density at radius 1 is 0.903 bits per heavy atom. The molecule has 1 fully saturated rings. The molecule has 2 aliphatic rings. The maximum atomic E-state index is 13.3. The minimum Gasteiger partial charge on any atom is -0.354 e. The van der Waals surface area contributed by atoms with Crippen LogP contribution in [0, 0.1) is 6.92 Å². The van der Waals surface area contributed by atoms with Gasteiger partial charge < -0.3 is 4.90 Å². The van der Waals surface area contributed by atoms with E-state index in [9.17, 15) is 8.42 Å². The van der Waals surface area contributed by atoms with Crippen LogP contribution in [-0.2, 0) is 22.9 Å². The smallest absolute Gasteiger partial charge is 0.243 e. The van der Waals surface area contributed by atoms with Gasteiger partial charge in [-0.1, -0.05) is 6.07 Å². The van der Waals surface area contributed by atoms with Crippen molar-refractivity contribution >= 4 is 15.8 Å². The second kappa shape index (κ2) is 8.05. The molecule has 1 saturated heterocycles. The first-order valence-electron chi connectivity index (χ1n) is 10.7. The Bertz CT molecular complexity index is 1180. The van der Waals surface area contributed by atoms with Gasteiger partial charge in [-0.25, -0.2) is 23.4 Å². The first kappa shape index (κ1) is 20.1. The van der Waals surface area contributed by atoms with Crippen molar-refractivity contribution in [3.8, 4) is 5.82 Å². The summed E-state index contributed by atoms with van der Waals surface area (Å²) in [6.07, 6.45) is 9.60. The molecule has 0 saturated carbocycles. The van der Waals surface area contributed by atoms with E-state index < -0.39 is 10.0 Å². The van der Waals surface area contributed by atoms with Gasteiger partial charge in [0.1, 0.15) is 23.8 Å². The zero-order valence-corrected chi connectivity index (χ0v) is 18.4. The van der Waals surface area contributed by atoms with Gasteiger partial charge in [0.25, 0.3) is 0 Å². The van der Waals surface area contributed by atoms with Crippen molar-refractivity contribution in [1.82, 2.24) is 23.8 Å². The molecule has 2 aromatic heterocycles. The number of rotatable bonds is 4. The van der Waals surface area contributed by atoms with Gasteiger partial charge in [-0.2, -0.15) is 4.31 Å². The highest BCUT2D eigenvalue weighted by Gasteiger charge is 2.30. The van der Waals surface area contributed by atoms with E-state index in [2.05, 4.69) is 19.9 Å². The molecule has 3 heterocycles. The lowest BCUT2D eigenvalue weighted by Crippen LogP contribution is -2.49. The summed E-state index contributed by atoms with van der Waals surface area (Å²) >= 11 is 0. The molecule has 0 unspecified atom stereocenters. The summed E-state index contributed by atoms with van der Waals surface area (Å²) in [6, 6.07) is 7.58. The van der Waals surface area contributed by atoms with Crippen molar-refractivity contribution in [2.24, 2.45) is 0 Å². The highest BCUT2D eigenvalue weighted by atomic mass is 32.2. The number of fused-ring (bicyclic) bond motifs is 1. The van der Waals surface area contributed by atoms with E-state index in [-0.39, 0.29) is 0 Å². The molecular formula is C22H26N6O2S. The Labute approximate surface area is 182 Å². The largest absolute Gasteiger partial charge is 0.354 e. The quantitative estimate of drug-likeness (QED) is 0.622. The third-order valence-corrected chi connectivity index (χ3v) is 7.99. The van der Waals surface area contributed by atoms with Crippen molar-refractivity contribution in [2.75, 3.05) is 31.1 Å². The molecule has 162 valence electrons. The second-order valence-electron chi connectivity index (χ2n) is 8.13. The van der Waals surface area contributed by atoms with Crippen molar-refractivity contribution in [2.45, 2.75) is 37.5 Å². The van der Waals surface area contributed by atoms with Crippen molar-refractivity contribution in [3.05, 3.63) is 59.9 Å². The lowest BCUT2D eigenvalue weighted by molar-refractivity contribution is 0.383. The fourth-order valence-corrected chi connectivity index (χ4v) is 5.88. The first-order chi connectivity index (χ1) is 15.0. The summed E-state index contributed by atoms with van der Waals surface area (Å²) in [7, 11) is -3.49. The van der Waals surface area contributed by atoms with E-state index in [0.717, 1.165) is 30.9 Å². The number of hydrogen-bond acceptors (Lipinski definition) is 6. The van der Waals surface area contributed by atoms with E-state index >= 15 is 0 Å². The van der Waals surface area contributed by atoms with Crippen LogP contribution in [0.1, 0.15) is 29.8 Å². The summed E-state index contributed by atoms with van der Waals surface area (Å²) in [5.74, 6) is 2.23. The van der Waals surface area contributed by atoms with Crippen LogP contribution in [0.3, 0.4) is 0 Å². The first-order valence-corrected chi connectivity index (χ1v) is 12.2. The molecular weight excluding hydrogens is 412 g/mol. The van der Waals surface area contributed by atoms with Crippen LogP contribution in [0.4, 0.5) is 5.82 Å². The molecule has 31 heavy (non-hydrogen) atoms. The van der Waals surface area contributed by atoms with Crippen molar-refractivity contribution < 1.29 is 8.42 Å². The zero-order chi connectivity index (χ0) is 21.4. The summed E-state index contributed by atoms with van der Waals surface area (Å²) in [5, 5.41) is 0. The number of imidazole rings is 1. The predicted octanol–water partition coefficient (Wildman–Crippen LogP) is 2.36. The number of piperazine rings is 1. The van der Waals surface area contributed by atoms with Crippen LogP contribution >= 0.6 is 0 Å². The SMILES string of the molecule is Cc1nc(N2CCN(S(=O)(=O)c3ccc4c(c3)CCCC4)CC2)cc(-n2ccnc2)n1. The molecule has 0 bridgehead atoms. The van der Waals surface area contributed by atoms with Crippen molar-refractivity contribution in [1.29, 1.82) is 0 Å². The molecule has 3 aromatic rings. The van der Waals surface area contributed by atoms with E-state index in [1.165, 1.54) is 17.5 Å². The normalized spacial score (nSPS) is 17.5. The number of benzene rings is 1. The average Bonchev–Trinajstić information content (AvgIpc) is 3.33. The molecule has 0 spiro atoms. The number of nitrogens with zero attached hydrogens (tertiary/aromatic N) is 6. The Kier molecular flexibility index (Phi) is 5.23. The Balaban J connectivity index is 1.32. The average molecular weight is 439 g/mol. The molecule has 9 heteroatoms. The minimum absolute atomic E-state index is 0.418. The monoisotopic (exact) mass is 438 g/mol. The lowest BCUT2D eigenvalue weighted by atomic mass is 9.92. The van der Waals surface area contributed by atoms with Crippen LogP contribution in [0.5, 0.6) is 0 Å². The molecule has 0 atom stereocenters. The van der Waals surface area contributed by atoms with Crippen LogP contribution in [0.25, 0.3) is 5.82 Å². The van der Waals surface area contributed by atoms with Crippen LogP contribution in [0.15, 0.2) is 47.9 Å². The van der Waals surface area contributed by atoms with Crippen molar-refractivity contribution in [3.63, 3.8) is 0 Å². The van der Waals surface area contributed by atoms with E-state index in [1.54, 1.807) is 22.9 Å². The van der Waals surface area contributed by atoms with E-state index in [1.807, 2.05) is 35.9 Å². The van der Waals surface area contributed by atoms with Crippen LogP contribution in [-0.4, -0.2) is 58.4 Å². The third-order valence-electron chi connectivity index (χ3n) is 6.10. The molecule has 5 rings (SSSR count). The number of sulfonamides is 1. The van der Waals surface area contributed by atoms with Gasteiger partial charge in [0.05, 0.1) is 4.90 Å². The van der Waals surface area contributed by atoms with E-state index in [4.69, 9.17) is 0 Å². The molecule has 0 radical (unpaired) electrons. The Morgan fingerprint density at radius 3 is 2.39 bits per heavy atom. The minimum atomic E-state index is -3.49. The highest BCUT2D eigenvalue weighted by Crippen LogP contribution is 2.27. The second-order valence-corrected chi connectivity index (χ2v) is 10.1. The van der Waals surface area contributed by atoms with Gasteiger partial charge in [0, 0.05) is 44.6 Å². The molecule has 1 aromatic carbocycles. The molecule has 0 amide bonds. The maximum Gasteiger partial charge on any atom is 0.243 e. The van der Waals surface area contributed by atoms with Gasteiger partial charge in [-0.15, -0.1) is 0 Å². The highest BCUT2D eigenvalue weighted by molar-refractivity contribution is 7.89. The Morgan fingerprint density at radius 2 is 1.65 bits per heavy atom. The fraction of sp³-hybridized carbons (Fsp3) is 0.409. The van der Waals surface area contributed by atoms with Crippen LogP contribution < -0.4 is 4.90 Å².